The van der Waals surface area contributed by atoms with E-state index in [9.17, 15) is 20.2 Å². The molecule has 0 aromatic heterocycles. The smallest absolute Gasteiger partial charge is 0.271 e. The number of carbonyl (C=O) groups excluding carboxylic acids is 1. The van der Waals surface area contributed by atoms with Gasteiger partial charge in [-0.1, -0.05) is 41.4 Å². The number of amides is 1. The van der Waals surface area contributed by atoms with Crippen molar-refractivity contribution >= 4 is 46.6 Å². The number of ether oxygens (including phenoxy) is 2. The van der Waals surface area contributed by atoms with E-state index >= 15 is 0 Å². The van der Waals surface area contributed by atoms with Crippen LogP contribution >= 0.6 is 23.2 Å². The summed E-state index contributed by atoms with van der Waals surface area (Å²) >= 11 is 12.0. The molecule has 0 spiro atoms. The van der Waals surface area contributed by atoms with Crippen molar-refractivity contribution in [2.75, 3.05) is 12.4 Å². The average Bonchev–Trinajstić information content (AvgIpc) is 2.82. The van der Waals surface area contributed by atoms with Crippen molar-refractivity contribution in [1.82, 2.24) is 0 Å². The summed E-state index contributed by atoms with van der Waals surface area (Å²) in [4.78, 5) is 22.9. The minimum Gasteiger partial charge on any atom is -0.493 e. The van der Waals surface area contributed by atoms with Gasteiger partial charge in [0.05, 0.1) is 22.7 Å². The normalized spacial score (nSPS) is 10.8. The molecule has 0 aliphatic heterocycles. The zero-order valence-corrected chi connectivity index (χ0v) is 19.3. The maximum absolute atomic E-state index is 12.6. The molecule has 10 heteroatoms. The summed E-state index contributed by atoms with van der Waals surface area (Å²) in [5.74, 6) is 0.0892. The predicted molar refractivity (Wildman–Crippen MR) is 129 cm³/mol. The van der Waals surface area contributed by atoms with E-state index in [-0.39, 0.29) is 28.6 Å². The van der Waals surface area contributed by atoms with Crippen LogP contribution in [0.25, 0.3) is 6.08 Å². The SMILES string of the molecule is COc1cc(/C=C(\C#N)C(=O)Nc2cc([N+](=O)[O-])ccc2Cl)ccc1OCc1cccc(Cl)c1. The first-order valence-electron chi connectivity index (χ1n) is 9.73. The topological polar surface area (TPSA) is 114 Å². The first-order chi connectivity index (χ1) is 16.3. The van der Waals surface area contributed by atoms with Crippen LogP contribution < -0.4 is 14.8 Å². The molecule has 0 unspecified atom stereocenters. The molecule has 0 radical (unpaired) electrons. The number of carbonyl (C=O) groups is 1. The number of rotatable bonds is 8. The summed E-state index contributed by atoms with van der Waals surface area (Å²) < 4.78 is 11.2. The van der Waals surface area contributed by atoms with Gasteiger partial charge in [0.2, 0.25) is 0 Å². The molecule has 172 valence electrons. The van der Waals surface area contributed by atoms with Crippen LogP contribution in [0.4, 0.5) is 11.4 Å². The third-order valence-electron chi connectivity index (χ3n) is 4.56. The van der Waals surface area contributed by atoms with Crippen molar-refractivity contribution in [3.05, 3.63) is 97.5 Å². The summed E-state index contributed by atoms with van der Waals surface area (Å²) in [5.41, 5.74) is 0.910. The third kappa shape index (κ3) is 6.25. The van der Waals surface area contributed by atoms with Crippen molar-refractivity contribution < 1.29 is 19.2 Å². The molecular weight excluding hydrogens is 481 g/mol. The molecule has 0 fully saturated rings. The number of methoxy groups -OCH3 is 1. The lowest BCUT2D eigenvalue weighted by molar-refractivity contribution is -0.384. The maximum atomic E-state index is 12.6. The molecule has 3 aromatic carbocycles. The van der Waals surface area contributed by atoms with Gasteiger partial charge in [-0.05, 0) is 47.5 Å². The molecule has 8 nitrogen and oxygen atoms in total. The van der Waals surface area contributed by atoms with Crippen molar-refractivity contribution in [3.63, 3.8) is 0 Å². The van der Waals surface area contributed by atoms with Gasteiger partial charge in [-0.15, -0.1) is 0 Å². The molecule has 34 heavy (non-hydrogen) atoms. The van der Waals surface area contributed by atoms with Crippen LogP contribution in [0.2, 0.25) is 10.0 Å². The summed E-state index contributed by atoms with van der Waals surface area (Å²) in [6.07, 6.45) is 1.35. The molecule has 3 rings (SSSR count). The number of nitriles is 1. The van der Waals surface area contributed by atoms with Crippen LogP contribution in [0.3, 0.4) is 0 Å². The summed E-state index contributed by atoms with van der Waals surface area (Å²) in [5, 5.41) is 23.6. The first kappa shape index (κ1) is 24.6. The predicted octanol–water partition coefficient (Wildman–Crippen LogP) is 6.03. The van der Waals surface area contributed by atoms with Crippen molar-refractivity contribution in [3.8, 4) is 17.6 Å². The quantitative estimate of drug-likeness (QED) is 0.175. The fourth-order valence-corrected chi connectivity index (χ4v) is 3.29. The number of nitro benzene ring substituents is 1. The summed E-state index contributed by atoms with van der Waals surface area (Å²) in [6, 6.07) is 17.6. The molecule has 3 aromatic rings. The van der Waals surface area contributed by atoms with Gasteiger partial charge in [0, 0.05) is 17.2 Å². The second kappa shape index (κ2) is 11.2. The molecule has 1 N–H and O–H groups in total. The fourth-order valence-electron chi connectivity index (χ4n) is 2.91. The van der Waals surface area contributed by atoms with E-state index in [0.717, 1.165) is 11.6 Å². The third-order valence-corrected chi connectivity index (χ3v) is 5.12. The Kier molecular flexibility index (Phi) is 8.09. The van der Waals surface area contributed by atoms with Gasteiger partial charge in [0.25, 0.3) is 11.6 Å². The summed E-state index contributed by atoms with van der Waals surface area (Å²) in [7, 11) is 1.47. The minimum absolute atomic E-state index is 0.0179. The van der Waals surface area contributed by atoms with E-state index in [0.29, 0.717) is 22.1 Å². The van der Waals surface area contributed by atoms with Gasteiger partial charge in [0.15, 0.2) is 11.5 Å². The van der Waals surface area contributed by atoms with Gasteiger partial charge >= 0.3 is 0 Å². The largest absolute Gasteiger partial charge is 0.493 e. The number of non-ortho nitro benzene ring substituents is 1. The Balaban J connectivity index is 1.79. The number of benzene rings is 3. The molecule has 1 amide bonds. The standard InChI is InChI=1S/C24H17Cl2N3O5/c1-33-23-11-15(5-8-22(23)34-14-16-3-2-4-18(25)10-16)9-17(13-27)24(30)28-21-12-19(29(31)32)6-7-20(21)26/h2-12H,14H2,1H3,(H,28,30)/b17-9+. The molecular formula is C24H17Cl2N3O5. The molecule has 0 atom stereocenters. The Morgan fingerprint density at radius 1 is 1.15 bits per heavy atom. The lowest BCUT2D eigenvalue weighted by Crippen LogP contribution is -2.14. The lowest BCUT2D eigenvalue weighted by atomic mass is 10.1. The molecule has 0 aliphatic carbocycles. The first-order valence-corrected chi connectivity index (χ1v) is 10.5. The highest BCUT2D eigenvalue weighted by Gasteiger charge is 2.15. The molecule has 0 aliphatic rings. The Bertz CT molecular complexity index is 1320. The Hall–Kier alpha value is -4.06. The molecule has 0 bridgehead atoms. The number of hydrogen-bond donors (Lipinski definition) is 1. The minimum atomic E-state index is -0.773. The van der Waals surface area contributed by atoms with Crippen LogP contribution in [-0.4, -0.2) is 17.9 Å². The number of hydrogen-bond acceptors (Lipinski definition) is 6. The number of nitrogens with one attached hydrogen (secondary N) is 1. The van der Waals surface area contributed by atoms with E-state index in [1.165, 1.54) is 25.3 Å². The van der Waals surface area contributed by atoms with E-state index in [1.807, 2.05) is 18.2 Å². The number of halogens is 2. The molecule has 0 saturated carbocycles. The highest BCUT2D eigenvalue weighted by Crippen LogP contribution is 2.31. The highest BCUT2D eigenvalue weighted by molar-refractivity contribution is 6.34. The van der Waals surface area contributed by atoms with Crippen LogP contribution in [0.5, 0.6) is 11.5 Å². The van der Waals surface area contributed by atoms with Crippen LogP contribution in [0.1, 0.15) is 11.1 Å². The Morgan fingerprint density at radius 3 is 2.62 bits per heavy atom. The van der Waals surface area contributed by atoms with E-state index < -0.39 is 10.8 Å². The van der Waals surface area contributed by atoms with Gasteiger partial charge in [-0.2, -0.15) is 5.26 Å². The zero-order chi connectivity index (χ0) is 24.7. The van der Waals surface area contributed by atoms with Gasteiger partial charge in [0.1, 0.15) is 18.2 Å². The van der Waals surface area contributed by atoms with Gasteiger partial charge in [-0.3, -0.25) is 14.9 Å². The number of nitrogens with zero attached hydrogens (tertiary/aromatic N) is 2. The van der Waals surface area contributed by atoms with Crippen LogP contribution in [-0.2, 0) is 11.4 Å². The van der Waals surface area contributed by atoms with Gasteiger partial charge < -0.3 is 14.8 Å². The molecule has 0 heterocycles. The van der Waals surface area contributed by atoms with Crippen molar-refractivity contribution in [1.29, 1.82) is 5.26 Å². The van der Waals surface area contributed by atoms with E-state index in [2.05, 4.69) is 5.32 Å². The Labute approximate surface area is 205 Å². The second-order valence-electron chi connectivity index (χ2n) is 6.87. The number of nitro groups is 1. The highest BCUT2D eigenvalue weighted by atomic mass is 35.5. The maximum Gasteiger partial charge on any atom is 0.271 e. The van der Waals surface area contributed by atoms with Crippen LogP contribution in [0.15, 0.2) is 66.2 Å². The van der Waals surface area contributed by atoms with Crippen molar-refractivity contribution in [2.24, 2.45) is 0 Å². The summed E-state index contributed by atoms with van der Waals surface area (Å²) in [6.45, 7) is 0.266. The Morgan fingerprint density at radius 2 is 1.94 bits per heavy atom. The van der Waals surface area contributed by atoms with Crippen LogP contribution in [0, 0.1) is 21.4 Å². The lowest BCUT2D eigenvalue weighted by Gasteiger charge is -2.12. The average molecular weight is 498 g/mol. The van der Waals surface area contributed by atoms with E-state index in [1.54, 1.807) is 30.3 Å². The zero-order valence-electron chi connectivity index (χ0n) is 17.7. The van der Waals surface area contributed by atoms with Gasteiger partial charge in [-0.25, -0.2) is 0 Å². The van der Waals surface area contributed by atoms with E-state index in [4.69, 9.17) is 32.7 Å². The number of anilines is 1. The fraction of sp³-hybridized carbons (Fsp3) is 0.0833. The monoisotopic (exact) mass is 497 g/mol. The second-order valence-corrected chi connectivity index (χ2v) is 7.72. The molecule has 0 saturated heterocycles. The van der Waals surface area contributed by atoms with Crippen molar-refractivity contribution in [2.45, 2.75) is 6.61 Å².